The molecule has 3 aliphatic rings. The first-order chi connectivity index (χ1) is 21.2. The number of aromatic amines is 1. The van der Waals surface area contributed by atoms with Gasteiger partial charge in [-0.25, -0.2) is 23.7 Å². The summed E-state index contributed by atoms with van der Waals surface area (Å²) in [5.74, 6) is -0.409. The van der Waals surface area contributed by atoms with E-state index in [0.29, 0.717) is 12.1 Å². The minimum absolute atomic E-state index is 0.0183. The molecule has 3 unspecified atom stereocenters. The first-order valence-corrected chi connectivity index (χ1v) is 17.1. The van der Waals surface area contributed by atoms with Crippen molar-refractivity contribution in [3.63, 3.8) is 0 Å². The SMILES string of the molecule is Nc1nc2c(ncn2[C@H]2CC[C@@H](COP(=O)(O)OP(=O)(O)OP(=O)(O)Oc3ccc4nc5ccc(=O)cc-5oc4c3)O2)c(=O)[nH]1. The number of anilines is 1. The van der Waals surface area contributed by atoms with Crippen molar-refractivity contribution in [1.29, 1.82) is 0 Å². The average molecular weight is 686 g/mol. The van der Waals surface area contributed by atoms with Gasteiger partial charge in [0.05, 0.1) is 19.0 Å². The van der Waals surface area contributed by atoms with Crippen LogP contribution in [0.15, 0.2) is 56.7 Å². The first-order valence-electron chi connectivity index (χ1n) is 12.6. The van der Waals surface area contributed by atoms with Gasteiger partial charge in [-0.05, 0) is 37.1 Å². The summed E-state index contributed by atoms with van der Waals surface area (Å²) in [5.41, 5.74) is 5.53. The zero-order valence-electron chi connectivity index (χ0n) is 22.4. The quantitative estimate of drug-likeness (QED) is 0.104. The molecule has 6 rings (SSSR count). The number of benzene rings is 2. The van der Waals surface area contributed by atoms with Gasteiger partial charge in [-0.15, -0.1) is 0 Å². The number of hydrogen-bond donors (Lipinski definition) is 5. The molecule has 23 heteroatoms. The molecule has 0 spiro atoms. The second kappa shape index (κ2) is 11.5. The number of rotatable bonds is 10. The van der Waals surface area contributed by atoms with Gasteiger partial charge in [-0.1, -0.05) is 0 Å². The number of phosphoric acid groups is 3. The van der Waals surface area contributed by atoms with Gasteiger partial charge in [0, 0.05) is 12.1 Å². The number of nitrogens with one attached hydrogen (secondary N) is 1. The van der Waals surface area contributed by atoms with Crippen LogP contribution in [0.1, 0.15) is 19.1 Å². The van der Waals surface area contributed by atoms with Gasteiger partial charge in [-0.2, -0.15) is 13.6 Å². The number of hydrogen-bond acceptors (Lipinski definition) is 15. The monoisotopic (exact) mass is 686 g/mol. The van der Waals surface area contributed by atoms with E-state index in [1.807, 2.05) is 0 Å². The lowest BCUT2D eigenvalue weighted by Crippen LogP contribution is -2.17. The summed E-state index contributed by atoms with van der Waals surface area (Å²) >= 11 is 0. The van der Waals surface area contributed by atoms with Gasteiger partial charge in [-0.3, -0.25) is 28.6 Å². The highest BCUT2D eigenvalue weighted by atomic mass is 31.3. The molecule has 1 aliphatic carbocycles. The van der Waals surface area contributed by atoms with Crippen molar-refractivity contribution >= 4 is 51.7 Å². The summed E-state index contributed by atoms with van der Waals surface area (Å²) in [6.07, 6.45) is 0.390. The van der Waals surface area contributed by atoms with Gasteiger partial charge in [0.25, 0.3) is 5.56 Å². The third-order valence-electron chi connectivity index (χ3n) is 6.23. The Bertz CT molecular complexity index is 2170. The molecule has 45 heavy (non-hydrogen) atoms. The number of aromatic nitrogens is 5. The van der Waals surface area contributed by atoms with E-state index in [2.05, 4.69) is 28.6 Å². The molecule has 0 saturated carbocycles. The number of imidazole rings is 1. The first kappa shape index (κ1) is 31.2. The van der Waals surface area contributed by atoms with Crippen LogP contribution in [-0.2, 0) is 31.6 Å². The number of H-pyrrole nitrogens is 1. The molecule has 1 aromatic carbocycles. The zero-order valence-corrected chi connectivity index (χ0v) is 25.0. The third kappa shape index (κ3) is 7.05. The number of fused-ring (bicyclic) bond motifs is 3. The summed E-state index contributed by atoms with van der Waals surface area (Å²) < 4.78 is 67.8. The van der Waals surface area contributed by atoms with E-state index in [4.69, 9.17) is 23.9 Å². The Morgan fingerprint density at radius 3 is 2.58 bits per heavy atom. The standard InChI is InChI=1S/C22H21N6O14P3/c23-22-26-20-19(21(30)27-22)24-10-28(20)18-6-3-13(38-18)9-37-43(31,32)41-45(35,36)42-44(33,34)40-12-2-5-15-17(8-12)39-16-7-11(29)1-4-14(16)25-15/h1-2,4-5,7-8,10,13,18H,3,6,9H2,(H,31,32)(H,33,34)(H,35,36)(H3,23,26,27,30)/t13-,18+/m0/s1. The van der Waals surface area contributed by atoms with Gasteiger partial charge in [0.15, 0.2) is 27.9 Å². The lowest BCUT2D eigenvalue weighted by molar-refractivity contribution is -0.0205. The molecule has 0 radical (unpaired) electrons. The molecule has 3 aromatic rings. The van der Waals surface area contributed by atoms with E-state index >= 15 is 0 Å². The van der Waals surface area contributed by atoms with E-state index in [1.165, 1.54) is 41.2 Å². The maximum Gasteiger partial charge on any atom is 0.536 e. The van der Waals surface area contributed by atoms with Gasteiger partial charge < -0.3 is 29.2 Å². The molecule has 238 valence electrons. The minimum atomic E-state index is -5.76. The predicted octanol–water partition coefficient (Wildman–Crippen LogP) is 2.42. The molecule has 1 fully saturated rings. The maximum absolute atomic E-state index is 12.5. The van der Waals surface area contributed by atoms with Crippen molar-refractivity contribution in [1.82, 2.24) is 24.5 Å². The molecular formula is C22H21N6O14P3. The van der Waals surface area contributed by atoms with E-state index in [-0.39, 0.29) is 51.6 Å². The minimum Gasteiger partial charge on any atom is -0.453 e. The molecule has 20 nitrogen and oxygen atoms in total. The fraction of sp³-hybridized carbons (Fsp3) is 0.227. The number of phosphoric ester groups is 2. The van der Waals surface area contributed by atoms with Crippen LogP contribution in [0.3, 0.4) is 0 Å². The lowest BCUT2D eigenvalue weighted by atomic mass is 10.2. The van der Waals surface area contributed by atoms with Crippen LogP contribution in [0.4, 0.5) is 5.95 Å². The molecule has 2 aliphatic heterocycles. The fourth-order valence-corrected chi connectivity index (χ4v) is 7.97. The Labute approximate surface area is 249 Å². The van der Waals surface area contributed by atoms with Crippen LogP contribution in [-0.4, -0.2) is 51.9 Å². The largest absolute Gasteiger partial charge is 0.536 e. The van der Waals surface area contributed by atoms with E-state index in [9.17, 15) is 38.0 Å². The van der Waals surface area contributed by atoms with Crippen molar-refractivity contribution < 1.29 is 55.2 Å². The van der Waals surface area contributed by atoms with E-state index in [1.54, 1.807) is 0 Å². The number of nitrogens with two attached hydrogens (primary N) is 1. The average Bonchev–Trinajstić information content (AvgIpc) is 3.56. The Hall–Kier alpha value is -3.80. The van der Waals surface area contributed by atoms with Crippen molar-refractivity contribution in [2.24, 2.45) is 0 Å². The van der Waals surface area contributed by atoms with Gasteiger partial charge in [0.2, 0.25) is 5.95 Å². The smallest absolute Gasteiger partial charge is 0.453 e. The molecule has 1 saturated heterocycles. The molecule has 2 aromatic heterocycles. The van der Waals surface area contributed by atoms with Crippen LogP contribution in [0, 0.1) is 0 Å². The second-order valence-corrected chi connectivity index (χ2v) is 14.1. The van der Waals surface area contributed by atoms with Crippen LogP contribution in [0.2, 0.25) is 0 Å². The molecule has 6 N–H and O–H groups in total. The Kier molecular flexibility index (Phi) is 7.99. The van der Waals surface area contributed by atoms with Crippen molar-refractivity contribution in [3.8, 4) is 17.2 Å². The third-order valence-corrected chi connectivity index (χ3v) is 10.4. The molecular weight excluding hydrogens is 665 g/mol. The normalized spacial score (nSPS) is 21.0. The van der Waals surface area contributed by atoms with E-state index in [0.717, 1.165) is 6.07 Å². The summed E-state index contributed by atoms with van der Waals surface area (Å²) in [6, 6.07) is 7.52. The fourth-order valence-electron chi connectivity index (χ4n) is 4.44. The topological polar surface area (TPSA) is 291 Å². The number of nitrogen functional groups attached to an aromatic ring is 1. The number of ether oxygens (including phenoxy) is 1. The van der Waals surface area contributed by atoms with Gasteiger partial charge >= 0.3 is 23.5 Å². The number of nitrogens with zero attached hydrogens (tertiary/aromatic N) is 4. The molecule has 4 heterocycles. The van der Waals surface area contributed by atoms with Crippen LogP contribution in [0.25, 0.3) is 33.7 Å². The Morgan fingerprint density at radius 1 is 1.00 bits per heavy atom. The van der Waals surface area contributed by atoms with Crippen LogP contribution in [0.5, 0.6) is 5.75 Å². The highest BCUT2D eigenvalue weighted by Crippen LogP contribution is 2.67. The molecule has 5 atom stereocenters. The van der Waals surface area contributed by atoms with Crippen molar-refractivity contribution in [2.75, 3.05) is 12.3 Å². The van der Waals surface area contributed by atoms with Crippen LogP contribution < -0.4 is 21.2 Å². The summed E-state index contributed by atoms with van der Waals surface area (Å²) in [4.78, 5) is 68.2. The molecule has 0 amide bonds. The Balaban J connectivity index is 1.06. The summed E-state index contributed by atoms with van der Waals surface area (Å²) in [7, 11) is -16.6. The van der Waals surface area contributed by atoms with Crippen molar-refractivity contribution in [3.05, 3.63) is 63.3 Å². The Morgan fingerprint density at radius 2 is 1.78 bits per heavy atom. The summed E-state index contributed by atoms with van der Waals surface area (Å²) in [6.45, 7) is -0.614. The lowest BCUT2D eigenvalue weighted by Gasteiger charge is -2.20. The summed E-state index contributed by atoms with van der Waals surface area (Å²) in [5, 5.41) is 0. The highest BCUT2D eigenvalue weighted by Gasteiger charge is 2.43. The maximum atomic E-state index is 12.5. The van der Waals surface area contributed by atoms with Crippen LogP contribution >= 0.6 is 23.5 Å². The second-order valence-electron chi connectivity index (χ2n) is 9.49. The van der Waals surface area contributed by atoms with E-state index < -0.39 is 48.0 Å². The predicted molar refractivity (Wildman–Crippen MR) is 151 cm³/mol. The molecule has 0 bridgehead atoms. The van der Waals surface area contributed by atoms with Gasteiger partial charge in [0.1, 0.15) is 23.2 Å². The zero-order chi connectivity index (χ0) is 32.1. The van der Waals surface area contributed by atoms with Crippen molar-refractivity contribution in [2.45, 2.75) is 25.2 Å². The highest BCUT2D eigenvalue weighted by molar-refractivity contribution is 7.67.